The summed E-state index contributed by atoms with van der Waals surface area (Å²) in [7, 11) is 1.67. The van der Waals surface area contributed by atoms with Gasteiger partial charge in [-0.1, -0.05) is 59.9 Å². The summed E-state index contributed by atoms with van der Waals surface area (Å²) in [5.74, 6) is -0.396. The summed E-state index contributed by atoms with van der Waals surface area (Å²) in [5, 5.41) is 6.71. The molecule has 4 amide bonds. The van der Waals surface area contributed by atoms with Gasteiger partial charge in [0, 0.05) is 32.3 Å². The number of ether oxygens (including phenoxy) is 1. The molecule has 1 unspecified atom stereocenters. The first-order valence-corrected chi connectivity index (χ1v) is 16.0. The molecule has 3 aliphatic rings. The van der Waals surface area contributed by atoms with Gasteiger partial charge in [-0.05, 0) is 41.3 Å². The fourth-order valence-electron chi connectivity index (χ4n) is 6.27. The Hall–Kier alpha value is -4.72. The number of rotatable bonds is 10. The van der Waals surface area contributed by atoms with Crippen molar-refractivity contribution >= 4 is 50.2 Å². The Morgan fingerprint density at radius 3 is 2.74 bits per heavy atom. The number of para-hydroxylation sites is 1. The van der Waals surface area contributed by atoms with Crippen molar-refractivity contribution in [1.82, 2.24) is 30.1 Å². The monoisotopic (exact) mass is 642 g/mol. The average molecular weight is 643 g/mol. The zero-order valence-electron chi connectivity index (χ0n) is 25.7. The predicted molar refractivity (Wildman–Crippen MR) is 178 cm³/mol. The number of urea groups is 1. The lowest BCUT2D eigenvalue weighted by atomic mass is 9.99. The zero-order valence-corrected chi connectivity index (χ0v) is 26.5. The van der Waals surface area contributed by atoms with E-state index in [0.717, 1.165) is 33.3 Å². The first-order valence-electron chi connectivity index (χ1n) is 15.2. The molecular formula is C33H38N8O4S. The molecule has 2 saturated heterocycles. The maximum atomic E-state index is 14.2. The SMILES string of the molecule is C=CCN(C(=O)NCC1=CCC(OC)C=C1)N1CC(=O)N2[C@@H](Cc3ccc(N)cc3)C(=O)N(Cc3cccc4sc(N)nc34)C[C@@H]21. The van der Waals surface area contributed by atoms with Crippen molar-refractivity contribution in [3.05, 3.63) is 90.0 Å². The normalized spacial score (nSPS) is 21.4. The van der Waals surface area contributed by atoms with Crippen LogP contribution in [0.2, 0.25) is 0 Å². The summed E-state index contributed by atoms with van der Waals surface area (Å²) in [4.78, 5) is 49.5. The van der Waals surface area contributed by atoms with Crippen LogP contribution in [0.1, 0.15) is 17.5 Å². The van der Waals surface area contributed by atoms with E-state index in [2.05, 4.69) is 16.9 Å². The molecule has 0 spiro atoms. The number of nitrogens with two attached hydrogens (primary N) is 2. The number of fused-ring (bicyclic) bond motifs is 2. The lowest BCUT2D eigenvalue weighted by Crippen LogP contribution is -2.66. The molecule has 12 nitrogen and oxygen atoms in total. The Bertz CT molecular complexity index is 1700. The number of methoxy groups -OCH3 is 1. The largest absolute Gasteiger partial charge is 0.399 e. The molecule has 3 atom stereocenters. The van der Waals surface area contributed by atoms with Crippen LogP contribution in [-0.2, 0) is 27.3 Å². The van der Waals surface area contributed by atoms with Gasteiger partial charge in [-0.25, -0.2) is 9.78 Å². The standard InChI is InChI=1S/C33H38N8O4S/c1-3-15-39(33(44)36-17-22-9-13-25(45-2)14-10-22)40-20-29(42)41-26(16-21-7-11-24(34)12-8-21)31(43)38(19-28(40)41)18-23-5-4-6-27-30(23)37-32(35)46-27/h3-13,25-26,28H,1,14-20,34H2,2H3,(H2,35,37)(H,36,44)/t25?,26-,28+/m0/s1. The van der Waals surface area contributed by atoms with Crippen molar-refractivity contribution in [2.45, 2.75) is 37.7 Å². The third-order valence-corrected chi connectivity index (χ3v) is 9.44. The van der Waals surface area contributed by atoms with Gasteiger partial charge < -0.3 is 31.3 Å². The summed E-state index contributed by atoms with van der Waals surface area (Å²) in [6.07, 6.45) is 8.05. The van der Waals surface area contributed by atoms with Crippen molar-refractivity contribution in [2.24, 2.45) is 0 Å². The Labute approximate surface area is 271 Å². The molecule has 2 aliphatic heterocycles. The molecule has 5 N–H and O–H groups in total. The molecule has 1 aromatic heterocycles. The van der Waals surface area contributed by atoms with Crippen LogP contribution in [0.5, 0.6) is 0 Å². The first-order chi connectivity index (χ1) is 22.2. The maximum absolute atomic E-state index is 14.2. The fraction of sp³-hybridized carbons (Fsp3) is 0.333. The van der Waals surface area contributed by atoms with Gasteiger partial charge in [0.1, 0.15) is 12.2 Å². The van der Waals surface area contributed by atoms with Crippen molar-refractivity contribution < 1.29 is 19.1 Å². The van der Waals surface area contributed by atoms with Crippen molar-refractivity contribution in [3.8, 4) is 0 Å². The molecule has 13 heteroatoms. The number of thiazole rings is 1. The number of nitrogens with one attached hydrogen (secondary N) is 1. The highest BCUT2D eigenvalue weighted by molar-refractivity contribution is 7.22. The number of piperazine rings is 1. The van der Waals surface area contributed by atoms with Crippen molar-refractivity contribution in [3.63, 3.8) is 0 Å². The van der Waals surface area contributed by atoms with Gasteiger partial charge in [0.15, 0.2) is 5.13 Å². The number of aromatic nitrogens is 1. The van der Waals surface area contributed by atoms with E-state index in [1.807, 2.05) is 48.6 Å². The van der Waals surface area contributed by atoms with Crippen LogP contribution in [-0.4, -0.2) is 94.2 Å². The molecular weight excluding hydrogens is 604 g/mol. The molecule has 1 aliphatic carbocycles. The van der Waals surface area contributed by atoms with Crippen LogP contribution in [0.4, 0.5) is 15.6 Å². The number of hydrogen-bond donors (Lipinski definition) is 3. The third-order valence-electron chi connectivity index (χ3n) is 8.59. The summed E-state index contributed by atoms with van der Waals surface area (Å²) in [5.41, 5.74) is 16.0. The second-order valence-corrected chi connectivity index (χ2v) is 12.6. The smallest absolute Gasteiger partial charge is 0.332 e. The van der Waals surface area contributed by atoms with E-state index in [4.69, 9.17) is 16.2 Å². The topological polar surface area (TPSA) is 150 Å². The highest BCUT2D eigenvalue weighted by Gasteiger charge is 2.52. The predicted octanol–water partition coefficient (Wildman–Crippen LogP) is 2.90. The Morgan fingerprint density at radius 2 is 2.02 bits per heavy atom. The van der Waals surface area contributed by atoms with Crippen molar-refractivity contribution in [1.29, 1.82) is 0 Å². The Kier molecular flexibility index (Phi) is 9.06. The van der Waals surface area contributed by atoms with Gasteiger partial charge in [0.25, 0.3) is 0 Å². The van der Waals surface area contributed by atoms with Gasteiger partial charge in [0.2, 0.25) is 11.8 Å². The van der Waals surface area contributed by atoms with Crippen LogP contribution in [0.25, 0.3) is 10.2 Å². The maximum Gasteiger partial charge on any atom is 0.332 e. The molecule has 3 aromatic rings. The van der Waals surface area contributed by atoms with Crippen LogP contribution < -0.4 is 16.8 Å². The minimum atomic E-state index is -0.778. The average Bonchev–Trinajstić information content (AvgIpc) is 3.60. The minimum Gasteiger partial charge on any atom is -0.399 e. The molecule has 0 bridgehead atoms. The Morgan fingerprint density at radius 1 is 1.22 bits per heavy atom. The van der Waals surface area contributed by atoms with E-state index in [1.54, 1.807) is 40.1 Å². The Balaban J connectivity index is 1.28. The number of hydrogen-bond acceptors (Lipinski definition) is 9. The molecule has 46 heavy (non-hydrogen) atoms. The second kappa shape index (κ2) is 13.3. The number of anilines is 2. The van der Waals surface area contributed by atoms with E-state index in [-0.39, 0.29) is 50.1 Å². The van der Waals surface area contributed by atoms with Crippen molar-refractivity contribution in [2.75, 3.05) is 44.8 Å². The molecule has 2 fully saturated rings. The number of carbonyl (C=O) groups is 3. The summed E-state index contributed by atoms with van der Waals surface area (Å²) in [6, 6.07) is 12.0. The minimum absolute atomic E-state index is 0.0244. The molecule has 2 aromatic carbocycles. The third kappa shape index (κ3) is 6.34. The fourth-order valence-corrected chi connectivity index (χ4v) is 7.05. The second-order valence-electron chi connectivity index (χ2n) is 11.6. The lowest BCUT2D eigenvalue weighted by Gasteiger charge is -2.46. The number of benzene rings is 2. The number of nitrogens with zero attached hydrogens (tertiary/aromatic N) is 5. The molecule has 0 radical (unpaired) electrons. The van der Waals surface area contributed by atoms with E-state index < -0.39 is 12.2 Å². The molecule has 3 heterocycles. The molecule has 240 valence electrons. The van der Waals surface area contributed by atoms with E-state index in [0.29, 0.717) is 23.8 Å². The lowest BCUT2D eigenvalue weighted by molar-refractivity contribution is -0.157. The van der Waals surface area contributed by atoms with Crippen LogP contribution in [0.3, 0.4) is 0 Å². The molecule has 0 saturated carbocycles. The van der Waals surface area contributed by atoms with Gasteiger partial charge in [-0.15, -0.1) is 6.58 Å². The van der Waals surface area contributed by atoms with Gasteiger partial charge in [0.05, 0.1) is 36.0 Å². The molecule has 6 rings (SSSR count). The van der Waals surface area contributed by atoms with Crippen LogP contribution in [0, 0.1) is 0 Å². The summed E-state index contributed by atoms with van der Waals surface area (Å²) in [6.45, 7) is 4.79. The number of carbonyl (C=O) groups excluding carboxylic acids is 3. The van der Waals surface area contributed by atoms with E-state index in [1.165, 1.54) is 16.3 Å². The highest BCUT2D eigenvalue weighted by atomic mass is 32.1. The first kappa shape index (κ1) is 31.3. The van der Waals surface area contributed by atoms with E-state index in [9.17, 15) is 14.4 Å². The van der Waals surface area contributed by atoms with Gasteiger partial charge in [-0.3, -0.25) is 14.6 Å². The summed E-state index contributed by atoms with van der Waals surface area (Å²) >= 11 is 1.39. The highest BCUT2D eigenvalue weighted by Crippen LogP contribution is 2.32. The van der Waals surface area contributed by atoms with Gasteiger partial charge in [-0.2, -0.15) is 5.01 Å². The zero-order chi connectivity index (χ0) is 32.4. The van der Waals surface area contributed by atoms with Crippen LogP contribution >= 0.6 is 11.3 Å². The number of nitrogen functional groups attached to an aromatic ring is 2. The quantitative estimate of drug-likeness (QED) is 0.226. The summed E-state index contributed by atoms with van der Waals surface area (Å²) < 4.78 is 6.30. The van der Waals surface area contributed by atoms with Crippen LogP contribution in [0.15, 0.2) is 78.9 Å². The number of amides is 4. The van der Waals surface area contributed by atoms with Gasteiger partial charge >= 0.3 is 6.03 Å². The van der Waals surface area contributed by atoms with E-state index >= 15 is 0 Å². The number of hydrazine groups is 1.